The lowest BCUT2D eigenvalue weighted by atomic mass is 10.2. The first-order chi connectivity index (χ1) is 7.22. The van der Waals surface area contributed by atoms with Crippen LogP contribution in [0.1, 0.15) is 12.5 Å². The minimum Gasteiger partial charge on any atom is -0.449 e. The largest absolute Gasteiger partial charge is 0.449 e. The van der Waals surface area contributed by atoms with Gasteiger partial charge in [-0.3, -0.25) is 5.43 Å². The predicted molar refractivity (Wildman–Crippen MR) is 53.4 cm³/mol. The molecule has 5 heteroatoms. The first kappa shape index (κ1) is 11.5. The summed E-state index contributed by atoms with van der Waals surface area (Å²) in [6.07, 6.45) is -0.547. The van der Waals surface area contributed by atoms with Gasteiger partial charge in [0.2, 0.25) is 0 Å². The molecule has 82 valence electrons. The Morgan fingerprint density at radius 2 is 2.33 bits per heavy atom. The molecule has 0 unspecified atom stereocenters. The molecule has 0 aromatic heterocycles. The Morgan fingerprint density at radius 1 is 1.53 bits per heavy atom. The summed E-state index contributed by atoms with van der Waals surface area (Å²) >= 11 is 0. The van der Waals surface area contributed by atoms with Gasteiger partial charge in [-0.15, -0.1) is 0 Å². The Morgan fingerprint density at radius 3 is 3.00 bits per heavy atom. The molecule has 0 heterocycles. The Labute approximate surface area is 87.4 Å². The summed E-state index contributed by atoms with van der Waals surface area (Å²) in [5.41, 5.74) is 5.68. The van der Waals surface area contributed by atoms with Crippen molar-refractivity contribution in [3.8, 4) is 0 Å². The highest BCUT2D eigenvalue weighted by atomic mass is 19.1. The number of rotatable bonds is 4. The lowest BCUT2D eigenvalue weighted by Crippen LogP contribution is -2.37. The lowest BCUT2D eigenvalue weighted by molar-refractivity contribution is 0.147. The van der Waals surface area contributed by atoms with Crippen molar-refractivity contribution in [3.05, 3.63) is 35.6 Å². The highest BCUT2D eigenvalue weighted by molar-refractivity contribution is 5.66. The maximum atomic E-state index is 12.7. The third-order valence-electron chi connectivity index (χ3n) is 1.65. The van der Waals surface area contributed by atoms with Crippen LogP contribution in [-0.2, 0) is 11.3 Å². The van der Waals surface area contributed by atoms with E-state index in [0.717, 1.165) is 5.56 Å². The number of nitrogens with one attached hydrogen (secondary N) is 2. The van der Waals surface area contributed by atoms with E-state index in [0.29, 0.717) is 13.2 Å². The van der Waals surface area contributed by atoms with E-state index in [-0.39, 0.29) is 5.82 Å². The van der Waals surface area contributed by atoms with E-state index in [1.807, 2.05) is 0 Å². The van der Waals surface area contributed by atoms with Crippen LogP contribution in [0.3, 0.4) is 0 Å². The normalized spacial score (nSPS) is 9.73. The van der Waals surface area contributed by atoms with Crippen LogP contribution in [0.4, 0.5) is 9.18 Å². The summed E-state index contributed by atoms with van der Waals surface area (Å²) in [5.74, 6) is -0.301. The first-order valence-electron chi connectivity index (χ1n) is 4.62. The van der Waals surface area contributed by atoms with Gasteiger partial charge in [0.25, 0.3) is 0 Å². The molecule has 15 heavy (non-hydrogen) atoms. The molecular formula is C10H13FN2O2. The Balaban J connectivity index is 2.28. The van der Waals surface area contributed by atoms with Gasteiger partial charge in [0.1, 0.15) is 5.82 Å². The van der Waals surface area contributed by atoms with Crippen molar-refractivity contribution >= 4 is 6.09 Å². The van der Waals surface area contributed by atoms with Crippen molar-refractivity contribution < 1.29 is 13.9 Å². The fraction of sp³-hybridized carbons (Fsp3) is 0.300. The topological polar surface area (TPSA) is 50.4 Å². The number of hydrogen-bond donors (Lipinski definition) is 2. The molecule has 0 radical (unpaired) electrons. The number of benzene rings is 1. The van der Waals surface area contributed by atoms with E-state index in [1.165, 1.54) is 12.1 Å². The number of hydrazine groups is 1. The minimum absolute atomic E-state index is 0.301. The molecule has 2 N–H and O–H groups in total. The highest BCUT2D eigenvalue weighted by Gasteiger charge is 1.99. The number of amides is 1. The van der Waals surface area contributed by atoms with Gasteiger partial charge in [0.15, 0.2) is 0 Å². The molecular weight excluding hydrogens is 199 g/mol. The molecule has 0 saturated carbocycles. The van der Waals surface area contributed by atoms with Crippen LogP contribution >= 0.6 is 0 Å². The monoisotopic (exact) mass is 212 g/mol. The first-order valence-corrected chi connectivity index (χ1v) is 4.62. The molecule has 0 atom stereocenters. The molecule has 1 amide bonds. The van der Waals surface area contributed by atoms with Gasteiger partial charge in [-0.05, 0) is 24.6 Å². The maximum Gasteiger partial charge on any atom is 0.421 e. The standard InChI is InChI=1S/C10H13FN2O2/c1-2-15-10(14)13-12-7-8-4-3-5-9(11)6-8/h3-6,12H,2,7H2,1H3,(H,13,14). The van der Waals surface area contributed by atoms with Crippen molar-refractivity contribution in [1.29, 1.82) is 0 Å². The fourth-order valence-electron chi connectivity index (χ4n) is 1.03. The molecule has 1 aromatic carbocycles. The van der Waals surface area contributed by atoms with Crippen LogP contribution < -0.4 is 10.9 Å². The molecule has 0 aliphatic carbocycles. The van der Waals surface area contributed by atoms with Crippen LogP contribution in [0, 0.1) is 5.82 Å². The summed E-state index contributed by atoms with van der Waals surface area (Å²) in [7, 11) is 0. The van der Waals surface area contributed by atoms with Gasteiger partial charge in [0.05, 0.1) is 6.61 Å². The van der Waals surface area contributed by atoms with Gasteiger partial charge in [-0.1, -0.05) is 12.1 Å². The SMILES string of the molecule is CCOC(=O)NNCc1cccc(F)c1. The minimum atomic E-state index is -0.547. The number of carbonyl (C=O) groups excluding carboxylic acids is 1. The van der Waals surface area contributed by atoms with Crippen LogP contribution in [0.15, 0.2) is 24.3 Å². The van der Waals surface area contributed by atoms with E-state index < -0.39 is 6.09 Å². The van der Waals surface area contributed by atoms with Crippen molar-refractivity contribution in [1.82, 2.24) is 10.9 Å². The van der Waals surface area contributed by atoms with Crippen LogP contribution in [0.5, 0.6) is 0 Å². The molecule has 0 aliphatic heterocycles. The average Bonchev–Trinajstić information content (AvgIpc) is 2.18. The van der Waals surface area contributed by atoms with Gasteiger partial charge < -0.3 is 4.74 Å². The summed E-state index contributed by atoms with van der Waals surface area (Å²) in [4.78, 5) is 10.8. The van der Waals surface area contributed by atoms with Crippen LogP contribution in [0.25, 0.3) is 0 Å². The highest BCUT2D eigenvalue weighted by Crippen LogP contribution is 2.02. The molecule has 0 spiro atoms. The van der Waals surface area contributed by atoms with Gasteiger partial charge in [-0.2, -0.15) is 0 Å². The fourth-order valence-corrected chi connectivity index (χ4v) is 1.03. The Bertz CT molecular complexity index is 331. The van der Waals surface area contributed by atoms with Gasteiger partial charge in [-0.25, -0.2) is 14.6 Å². The number of hydrogen-bond acceptors (Lipinski definition) is 3. The molecule has 1 aromatic rings. The van der Waals surface area contributed by atoms with Crippen molar-refractivity contribution in [2.75, 3.05) is 6.61 Å². The van der Waals surface area contributed by atoms with E-state index in [2.05, 4.69) is 15.6 Å². The zero-order chi connectivity index (χ0) is 11.1. The summed E-state index contributed by atoms with van der Waals surface area (Å²) in [6.45, 7) is 2.37. The van der Waals surface area contributed by atoms with Crippen molar-refractivity contribution in [3.63, 3.8) is 0 Å². The predicted octanol–water partition coefficient (Wildman–Crippen LogP) is 1.58. The van der Waals surface area contributed by atoms with Gasteiger partial charge in [0, 0.05) is 6.54 Å². The molecule has 0 saturated heterocycles. The second kappa shape index (κ2) is 5.98. The molecule has 0 fully saturated rings. The maximum absolute atomic E-state index is 12.7. The summed E-state index contributed by atoms with van der Waals surface area (Å²) in [5, 5.41) is 0. The second-order valence-corrected chi connectivity index (χ2v) is 2.83. The van der Waals surface area contributed by atoms with Crippen LogP contribution in [0.2, 0.25) is 0 Å². The number of carbonyl (C=O) groups is 1. The zero-order valence-corrected chi connectivity index (χ0v) is 8.42. The van der Waals surface area contributed by atoms with E-state index in [4.69, 9.17) is 0 Å². The smallest absolute Gasteiger partial charge is 0.421 e. The van der Waals surface area contributed by atoms with E-state index in [1.54, 1.807) is 19.1 Å². The third-order valence-corrected chi connectivity index (χ3v) is 1.65. The van der Waals surface area contributed by atoms with Crippen LogP contribution in [-0.4, -0.2) is 12.7 Å². The van der Waals surface area contributed by atoms with E-state index in [9.17, 15) is 9.18 Å². The molecule has 0 aliphatic rings. The average molecular weight is 212 g/mol. The lowest BCUT2D eigenvalue weighted by Gasteiger charge is -2.06. The Kier molecular flexibility index (Phi) is 4.56. The van der Waals surface area contributed by atoms with Gasteiger partial charge >= 0.3 is 6.09 Å². The quantitative estimate of drug-likeness (QED) is 0.745. The summed E-state index contributed by atoms with van der Waals surface area (Å²) < 4.78 is 17.4. The summed E-state index contributed by atoms with van der Waals surface area (Å²) in [6, 6.07) is 6.11. The Hall–Kier alpha value is -1.62. The molecule has 1 rings (SSSR count). The number of halogens is 1. The van der Waals surface area contributed by atoms with Crippen molar-refractivity contribution in [2.45, 2.75) is 13.5 Å². The molecule has 4 nitrogen and oxygen atoms in total. The van der Waals surface area contributed by atoms with Crippen molar-refractivity contribution in [2.24, 2.45) is 0 Å². The zero-order valence-electron chi connectivity index (χ0n) is 8.42. The van der Waals surface area contributed by atoms with E-state index >= 15 is 0 Å². The molecule has 0 bridgehead atoms. The third kappa shape index (κ3) is 4.42. The second-order valence-electron chi connectivity index (χ2n) is 2.83. The number of ether oxygens (including phenoxy) is 1.